The number of anilines is 2. The van der Waals surface area contributed by atoms with Crippen LogP contribution in [0.1, 0.15) is 33.6 Å². The minimum atomic E-state index is -0.474. The Morgan fingerprint density at radius 2 is 2.00 bits per heavy atom. The number of benzene rings is 1. The topological polar surface area (TPSA) is 58.4 Å². The molecule has 1 saturated heterocycles. The predicted octanol–water partition coefficient (Wildman–Crippen LogP) is 2.61. The molecule has 0 bridgehead atoms. The lowest BCUT2D eigenvalue weighted by atomic mass is 10.2. The highest BCUT2D eigenvalue weighted by atomic mass is 19.1. The molecule has 1 aromatic carbocycles. The number of amides is 1. The molecule has 0 radical (unpaired) electrons. The van der Waals surface area contributed by atoms with Crippen molar-refractivity contribution in [3.63, 3.8) is 0 Å². The molecule has 0 saturated carbocycles. The van der Waals surface area contributed by atoms with E-state index in [-0.39, 0.29) is 17.6 Å². The summed E-state index contributed by atoms with van der Waals surface area (Å²) in [5, 5.41) is 2.80. The first-order valence-electron chi connectivity index (χ1n) is 7.03. The molecule has 1 heterocycles. The summed E-state index contributed by atoms with van der Waals surface area (Å²) in [4.78, 5) is 14.5. The zero-order chi connectivity index (χ0) is 14.9. The number of carbonyl (C=O) groups is 1. The quantitative estimate of drug-likeness (QED) is 0.836. The van der Waals surface area contributed by atoms with Gasteiger partial charge in [-0.15, -0.1) is 0 Å². The number of rotatable bonds is 3. The van der Waals surface area contributed by atoms with Gasteiger partial charge in [0, 0.05) is 17.8 Å². The number of nitrogens with two attached hydrogens (primary N) is 1. The van der Waals surface area contributed by atoms with E-state index in [1.807, 2.05) is 6.92 Å². The van der Waals surface area contributed by atoms with Crippen molar-refractivity contribution in [3.05, 3.63) is 24.0 Å². The molecule has 2 rings (SSSR count). The van der Waals surface area contributed by atoms with E-state index in [1.54, 1.807) is 0 Å². The maximum atomic E-state index is 13.1. The Labute approximate surface area is 119 Å². The van der Waals surface area contributed by atoms with Gasteiger partial charge in [0.15, 0.2) is 0 Å². The van der Waals surface area contributed by atoms with Crippen LogP contribution in [0.25, 0.3) is 0 Å². The summed E-state index contributed by atoms with van der Waals surface area (Å²) in [6.45, 7) is 6.19. The zero-order valence-electron chi connectivity index (χ0n) is 12.2. The SMILES string of the molecule is CC1CCC(C)N1C(C)C(=O)Nc1ccc(F)c(N)c1. The normalized spacial score (nSPS) is 24.6. The third-order valence-corrected chi connectivity index (χ3v) is 4.11. The number of hydrogen-bond acceptors (Lipinski definition) is 3. The van der Waals surface area contributed by atoms with Gasteiger partial charge in [0.05, 0.1) is 11.7 Å². The van der Waals surface area contributed by atoms with E-state index in [9.17, 15) is 9.18 Å². The van der Waals surface area contributed by atoms with E-state index >= 15 is 0 Å². The predicted molar refractivity (Wildman–Crippen MR) is 78.9 cm³/mol. The zero-order valence-corrected chi connectivity index (χ0v) is 12.2. The summed E-state index contributed by atoms with van der Waals surface area (Å²) in [7, 11) is 0. The summed E-state index contributed by atoms with van der Waals surface area (Å²) < 4.78 is 13.1. The highest BCUT2D eigenvalue weighted by Gasteiger charge is 2.34. The van der Waals surface area contributed by atoms with Crippen LogP contribution in [-0.4, -0.2) is 28.9 Å². The largest absolute Gasteiger partial charge is 0.396 e. The molecule has 1 amide bonds. The summed E-state index contributed by atoms with van der Waals surface area (Å²) in [5.41, 5.74) is 6.07. The van der Waals surface area contributed by atoms with Gasteiger partial charge in [-0.25, -0.2) is 4.39 Å². The molecule has 0 aliphatic carbocycles. The molecule has 0 spiro atoms. The van der Waals surface area contributed by atoms with Crippen molar-refractivity contribution in [1.29, 1.82) is 0 Å². The van der Waals surface area contributed by atoms with Crippen molar-refractivity contribution < 1.29 is 9.18 Å². The third-order valence-electron chi connectivity index (χ3n) is 4.11. The number of nitrogens with one attached hydrogen (secondary N) is 1. The standard InChI is InChI=1S/C15H22FN3O/c1-9-4-5-10(2)19(9)11(3)15(20)18-12-6-7-13(16)14(17)8-12/h6-11H,4-5,17H2,1-3H3,(H,18,20). The monoisotopic (exact) mass is 279 g/mol. The minimum absolute atomic E-state index is 0.0401. The second-order valence-electron chi connectivity index (χ2n) is 5.62. The Hall–Kier alpha value is -1.62. The highest BCUT2D eigenvalue weighted by Crippen LogP contribution is 2.26. The van der Waals surface area contributed by atoms with Crippen molar-refractivity contribution in [3.8, 4) is 0 Å². The molecule has 1 fully saturated rings. The third kappa shape index (κ3) is 2.93. The second kappa shape index (κ2) is 5.79. The Balaban J connectivity index is 2.05. The molecule has 0 aromatic heterocycles. The lowest BCUT2D eigenvalue weighted by Gasteiger charge is -2.31. The maximum absolute atomic E-state index is 13.1. The van der Waals surface area contributed by atoms with Crippen LogP contribution < -0.4 is 11.1 Å². The minimum Gasteiger partial charge on any atom is -0.396 e. The van der Waals surface area contributed by atoms with Crippen LogP contribution in [0.15, 0.2) is 18.2 Å². The summed E-state index contributed by atoms with van der Waals surface area (Å²) in [5.74, 6) is -0.561. The molecule has 1 aliphatic heterocycles. The number of likely N-dealkylation sites (tertiary alicyclic amines) is 1. The molecular formula is C15H22FN3O. The lowest BCUT2D eigenvalue weighted by molar-refractivity contribution is -0.121. The molecule has 4 nitrogen and oxygen atoms in total. The fourth-order valence-electron chi connectivity index (χ4n) is 2.98. The van der Waals surface area contributed by atoms with Gasteiger partial charge in [-0.1, -0.05) is 0 Å². The van der Waals surface area contributed by atoms with Crippen LogP contribution in [0.3, 0.4) is 0 Å². The van der Waals surface area contributed by atoms with E-state index in [0.29, 0.717) is 17.8 Å². The first kappa shape index (κ1) is 14.8. The Bertz CT molecular complexity index is 496. The molecule has 3 N–H and O–H groups in total. The summed E-state index contributed by atoms with van der Waals surface area (Å²) in [6, 6.07) is 4.82. The van der Waals surface area contributed by atoms with Crippen molar-refractivity contribution in [1.82, 2.24) is 4.90 Å². The van der Waals surface area contributed by atoms with Gasteiger partial charge in [-0.2, -0.15) is 0 Å². The van der Waals surface area contributed by atoms with Crippen molar-refractivity contribution in [2.45, 2.75) is 51.7 Å². The van der Waals surface area contributed by atoms with E-state index < -0.39 is 5.82 Å². The Kier molecular flexibility index (Phi) is 4.28. The van der Waals surface area contributed by atoms with Gasteiger partial charge in [0.2, 0.25) is 5.91 Å². The van der Waals surface area contributed by atoms with Crippen LogP contribution in [0.5, 0.6) is 0 Å². The fraction of sp³-hybridized carbons (Fsp3) is 0.533. The van der Waals surface area contributed by atoms with Crippen molar-refractivity contribution >= 4 is 17.3 Å². The average molecular weight is 279 g/mol. The van der Waals surface area contributed by atoms with Crippen molar-refractivity contribution in [2.24, 2.45) is 0 Å². The van der Waals surface area contributed by atoms with Gasteiger partial charge in [-0.3, -0.25) is 9.69 Å². The number of hydrogen-bond donors (Lipinski definition) is 2. The van der Waals surface area contributed by atoms with Gasteiger partial charge < -0.3 is 11.1 Å². The van der Waals surface area contributed by atoms with Crippen LogP contribution in [0.2, 0.25) is 0 Å². The first-order valence-corrected chi connectivity index (χ1v) is 7.03. The lowest BCUT2D eigenvalue weighted by Crippen LogP contribution is -2.46. The van der Waals surface area contributed by atoms with Gasteiger partial charge >= 0.3 is 0 Å². The Morgan fingerprint density at radius 1 is 1.40 bits per heavy atom. The first-order chi connectivity index (χ1) is 9.40. The van der Waals surface area contributed by atoms with Gasteiger partial charge in [-0.05, 0) is 51.8 Å². The highest BCUT2D eigenvalue weighted by molar-refractivity contribution is 5.95. The van der Waals surface area contributed by atoms with Crippen molar-refractivity contribution in [2.75, 3.05) is 11.1 Å². The fourth-order valence-corrected chi connectivity index (χ4v) is 2.98. The average Bonchev–Trinajstić information content (AvgIpc) is 2.72. The number of halogens is 1. The molecule has 110 valence electrons. The van der Waals surface area contributed by atoms with Crippen LogP contribution in [0.4, 0.5) is 15.8 Å². The molecule has 3 unspecified atom stereocenters. The molecular weight excluding hydrogens is 257 g/mol. The molecule has 3 atom stereocenters. The smallest absolute Gasteiger partial charge is 0.241 e. The molecule has 1 aromatic rings. The van der Waals surface area contributed by atoms with Crippen LogP contribution in [0, 0.1) is 5.82 Å². The summed E-state index contributed by atoms with van der Waals surface area (Å²) in [6.07, 6.45) is 2.23. The second-order valence-corrected chi connectivity index (χ2v) is 5.62. The number of carbonyl (C=O) groups excluding carboxylic acids is 1. The summed E-state index contributed by atoms with van der Waals surface area (Å²) >= 11 is 0. The number of nitrogen functional groups attached to an aromatic ring is 1. The van der Waals surface area contributed by atoms with E-state index in [2.05, 4.69) is 24.1 Å². The number of nitrogens with zero attached hydrogens (tertiary/aromatic N) is 1. The van der Waals surface area contributed by atoms with E-state index in [0.717, 1.165) is 12.8 Å². The van der Waals surface area contributed by atoms with Crippen LogP contribution in [-0.2, 0) is 4.79 Å². The Morgan fingerprint density at radius 3 is 2.55 bits per heavy atom. The van der Waals surface area contributed by atoms with E-state index in [1.165, 1.54) is 18.2 Å². The van der Waals surface area contributed by atoms with Gasteiger partial charge in [0.1, 0.15) is 5.82 Å². The molecule has 5 heteroatoms. The van der Waals surface area contributed by atoms with Crippen LogP contribution >= 0.6 is 0 Å². The molecule has 20 heavy (non-hydrogen) atoms. The van der Waals surface area contributed by atoms with E-state index in [4.69, 9.17) is 5.73 Å². The van der Waals surface area contributed by atoms with Gasteiger partial charge in [0.25, 0.3) is 0 Å². The maximum Gasteiger partial charge on any atom is 0.241 e. The molecule has 1 aliphatic rings.